The number of imidazole rings is 1. The van der Waals surface area contributed by atoms with Crippen molar-refractivity contribution in [3.8, 4) is 0 Å². The molecule has 0 saturated heterocycles. The third-order valence-corrected chi connectivity index (χ3v) is 3.36. The molecule has 2 unspecified atom stereocenters. The quantitative estimate of drug-likeness (QED) is 0.732. The fourth-order valence-corrected chi connectivity index (χ4v) is 1.72. The lowest BCUT2D eigenvalue weighted by Crippen LogP contribution is -2.32. The lowest BCUT2D eigenvalue weighted by atomic mass is 10.2. The Balaban J connectivity index is 2.55. The van der Waals surface area contributed by atoms with E-state index in [0.29, 0.717) is 6.04 Å². The third kappa shape index (κ3) is 3.80. The van der Waals surface area contributed by atoms with Crippen LogP contribution in [0.1, 0.15) is 32.0 Å². The topological polar surface area (TPSA) is 67.3 Å². The van der Waals surface area contributed by atoms with Gasteiger partial charge in [0.15, 0.2) is 0 Å². The number of hydrogen-bond donors (Lipinski definition) is 2. The smallest absolute Gasteiger partial charge is 0.0949 e. The maximum atomic E-state index is 9.06. The van der Waals surface area contributed by atoms with Crippen LogP contribution in [0.5, 0.6) is 0 Å². The summed E-state index contributed by atoms with van der Waals surface area (Å²) < 4.78 is 2.01. The van der Waals surface area contributed by atoms with E-state index in [1.54, 1.807) is 12.5 Å². The van der Waals surface area contributed by atoms with Crippen LogP contribution in [0.4, 0.5) is 0 Å². The molecular formula is C12H24N4O. The molecule has 1 rings (SSSR count). The van der Waals surface area contributed by atoms with E-state index in [2.05, 4.69) is 30.8 Å². The highest BCUT2D eigenvalue weighted by Gasteiger charge is 2.12. The Morgan fingerprint density at radius 2 is 2.29 bits per heavy atom. The van der Waals surface area contributed by atoms with Crippen molar-refractivity contribution in [3.63, 3.8) is 0 Å². The Morgan fingerprint density at radius 1 is 1.59 bits per heavy atom. The molecule has 0 aliphatic carbocycles. The summed E-state index contributed by atoms with van der Waals surface area (Å²) in [7, 11) is 2.12. The van der Waals surface area contributed by atoms with Crippen molar-refractivity contribution in [2.75, 3.05) is 20.2 Å². The number of hydrogen-bond acceptors (Lipinski definition) is 4. The highest BCUT2D eigenvalue weighted by molar-refractivity contribution is 5.04. The van der Waals surface area contributed by atoms with Crippen molar-refractivity contribution in [1.82, 2.24) is 14.5 Å². The summed E-state index contributed by atoms with van der Waals surface area (Å²) >= 11 is 0. The van der Waals surface area contributed by atoms with Crippen molar-refractivity contribution < 1.29 is 5.11 Å². The SMILES string of the molecule is CCC(C)N(C)CCn1cncc1C(N)CO. The van der Waals surface area contributed by atoms with E-state index >= 15 is 0 Å². The Labute approximate surface area is 103 Å². The molecule has 1 aromatic heterocycles. The molecule has 98 valence electrons. The van der Waals surface area contributed by atoms with Crippen LogP contribution in [-0.4, -0.2) is 45.8 Å². The molecule has 0 spiro atoms. The predicted octanol–water partition coefficient (Wildman–Crippen LogP) is 0.605. The highest BCUT2D eigenvalue weighted by atomic mass is 16.3. The van der Waals surface area contributed by atoms with Gasteiger partial charge < -0.3 is 20.3 Å². The molecule has 0 saturated carbocycles. The minimum atomic E-state index is -0.341. The van der Waals surface area contributed by atoms with E-state index in [9.17, 15) is 0 Å². The molecule has 0 fully saturated rings. The number of aliphatic hydroxyl groups is 1. The van der Waals surface area contributed by atoms with Gasteiger partial charge in [0.1, 0.15) is 0 Å². The first-order chi connectivity index (χ1) is 8.10. The van der Waals surface area contributed by atoms with Crippen LogP contribution in [0.3, 0.4) is 0 Å². The molecule has 5 heteroatoms. The molecule has 3 N–H and O–H groups in total. The van der Waals surface area contributed by atoms with Crippen LogP contribution in [0.2, 0.25) is 0 Å². The molecule has 0 bridgehead atoms. The van der Waals surface area contributed by atoms with Crippen molar-refractivity contribution >= 4 is 0 Å². The zero-order chi connectivity index (χ0) is 12.8. The second-order valence-corrected chi connectivity index (χ2v) is 4.54. The summed E-state index contributed by atoms with van der Waals surface area (Å²) in [4.78, 5) is 6.40. The highest BCUT2D eigenvalue weighted by Crippen LogP contribution is 2.09. The number of nitrogens with two attached hydrogens (primary N) is 1. The molecule has 2 atom stereocenters. The van der Waals surface area contributed by atoms with Crippen LogP contribution >= 0.6 is 0 Å². The van der Waals surface area contributed by atoms with Gasteiger partial charge >= 0.3 is 0 Å². The minimum Gasteiger partial charge on any atom is -0.394 e. The van der Waals surface area contributed by atoms with Gasteiger partial charge in [0, 0.05) is 25.3 Å². The maximum absolute atomic E-state index is 9.06. The lowest BCUT2D eigenvalue weighted by molar-refractivity contribution is 0.236. The summed E-state index contributed by atoms with van der Waals surface area (Å²) in [5, 5.41) is 9.06. The zero-order valence-electron chi connectivity index (χ0n) is 11.0. The largest absolute Gasteiger partial charge is 0.394 e. The number of nitrogens with zero attached hydrogens (tertiary/aromatic N) is 3. The number of aromatic nitrogens is 2. The third-order valence-electron chi connectivity index (χ3n) is 3.36. The molecule has 5 nitrogen and oxygen atoms in total. The first-order valence-electron chi connectivity index (χ1n) is 6.16. The number of likely N-dealkylation sites (N-methyl/N-ethyl adjacent to an activating group) is 1. The lowest BCUT2D eigenvalue weighted by Gasteiger charge is -2.24. The average Bonchev–Trinajstić information content (AvgIpc) is 2.82. The maximum Gasteiger partial charge on any atom is 0.0949 e. The van der Waals surface area contributed by atoms with Crippen LogP contribution in [0, 0.1) is 0 Å². The van der Waals surface area contributed by atoms with Crippen LogP contribution in [-0.2, 0) is 6.54 Å². The van der Waals surface area contributed by atoms with E-state index in [4.69, 9.17) is 10.8 Å². The Hall–Kier alpha value is -0.910. The second kappa shape index (κ2) is 6.74. The Bertz CT molecular complexity index is 326. The van der Waals surface area contributed by atoms with Gasteiger partial charge in [-0.15, -0.1) is 0 Å². The van der Waals surface area contributed by atoms with Gasteiger partial charge in [-0.1, -0.05) is 6.92 Å². The van der Waals surface area contributed by atoms with Gasteiger partial charge in [0.05, 0.1) is 24.7 Å². The summed E-state index contributed by atoms with van der Waals surface area (Å²) in [5.41, 5.74) is 6.70. The number of aliphatic hydroxyl groups excluding tert-OH is 1. The average molecular weight is 240 g/mol. The van der Waals surface area contributed by atoms with E-state index < -0.39 is 0 Å². The predicted molar refractivity (Wildman–Crippen MR) is 68.6 cm³/mol. The molecule has 0 aliphatic heterocycles. The molecule has 1 heterocycles. The van der Waals surface area contributed by atoms with Gasteiger partial charge in [-0.2, -0.15) is 0 Å². The molecule has 0 aromatic carbocycles. The van der Waals surface area contributed by atoms with Crippen molar-refractivity contribution in [2.24, 2.45) is 5.73 Å². The first-order valence-corrected chi connectivity index (χ1v) is 6.16. The van der Waals surface area contributed by atoms with Gasteiger partial charge in [0.25, 0.3) is 0 Å². The van der Waals surface area contributed by atoms with Crippen molar-refractivity contribution in [3.05, 3.63) is 18.2 Å². The standard InChI is InChI=1S/C12H24N4O/c1-4-10(2)15(3)5-6-16-9-14-7-12(16)11(13)8-17/h7,9-11,17H,4-6,8,13H2,1-3H3. The summed E-state index contributed by atoms with van der Waals surface area (Å²) in [6, 6.07) is 0.236. The summed E-state index contributed by atoms with van der Waals surface area (Å²) in [6.07, 6.45) is 4.64. The fourth-order valence-electron chi connectivity index (χ4n) is 1.72. The fraction of sp³-hybridized carbons (Fsp3) is 0.750. The number of rotatable bonds is 7. The molecule has 0 radical (unpaired) electrons. The Morgan fingerprint density at radius 3 is 2.88 bits per heavy atom. The minimum absolute atomic E-state index is 0.0487. The second-order valence-electron chi connectivity index (χ2n) is 4.54. The van der Waals surface area contributed by atoms with E-state index in [0.717, 1.165) is 25.2 Å². The molecule has 17 heavy (non-hydrogen) atoms. The van der Waals surface area contributed by atoms with Gasteiger partial charge in [-0.3, -0.25) is 0 Å². The van der Waals surface area contributed by atoms with Crippen LogP contribution < -0.4 is 5.73 Å². The van der Waals surface area contributed by atoms with Gasteiger partial charge in [0.2, 0.25) is 0 Å². The van der Waals surface area contributed by atoms with Crippen molar-refractivity contribution in [1.29, 1.82) is 0 Å². The molecular weight excluding hydrogens is 216 g/mol. The van der Waals surface area contributed by atoms with E-state index in [-0.39, 0.29) is 12.6 Å². The molecule has 0 amide bonds. The van der Waals surface area contributed by atoms with Crippen LogP contribution in [0.15, 0.2) is 12.5 Å². The molecule has 0 aliphatic rings. The summed E-state index contributed by atoms with van der Waals surface area (Å²) in [5.74, 6) is 0. The van der Waals surface area contributed by atoms with Crippen LogP contribution in [0.25, 0.3) is 0 Å². The van der Waals surface area contributed by atoms with Crippen molar-refractivity contribution in [2.45, 2.75) is 38.9 Å². The Kier molecular flexibility index (Phi) is 5.61. The molecule has 1 aromatic rings. The van der Waals surface area contributed by atoms with Gasteiger partial charge in [-0.05, 0) is 20.4 Å². The zero-order valence-corrected chi connectivity index (χ0v) is 11.0. The first kappa shape index (κ1) is 14.2. The summed E-state index contributed by atoms with van der Waals surface area (Å²) in [6.45, 7) is 6.16. The van der Waals surface area contributed by atoms with Gasteiger partial charge in [-0.25, -0.2) is 4.98 Å². The van der Waals surface area contributed by atoms with E-state index in [1.807, 2.05) is 4.57 Å². The normalized spacial score (nSPS) is 15.2. The monoisotopic (exact) mass is 240 g/mol. The van der Waals surface area contributed by atoms with E-state index in [1.165, 1.54) is 0 Å².